The van der Waals surface area contributed by atoms with Crippen LogP contribution in [0.1, 0.15) is 24.5 Å². The van der Waals surface area contributed by atoms with E-state index in [0.717, 1.165) is 41.6 Å². The first-order chi connectivity index (χ1) is 14.7. The smallest absolute Gasteiger partial charge is 0.119 e. The zero-order valence-electron chi connectivity index (χ0n) is 16.7. The predicted octanol–water partition coefficient (Wildman–Crippen LogP) is 3.98. The van der Waals surface area contributed by atoms with Crippen molar-refractivity contribution in [2.75, 3.05) is 26.7 Å². The molecule has 2 unspecified atom stereocenters. The standard InChI is InChI=1S/C20H24N8O2/c1-30-13-2-3-17-15(9-13)14(4-6-23-17)20(29)19-8-12-5-7-28(19)11-16(12)18(25-27-22)10-24-26-21/h2-4,6,9,12,16,18-20,29H,5,7-8,10-11H2,1H3/t12-,16-,18?,19-,20+/m0/s1. The van der Waals surface area contributed by atoms with E-state index in [1.54, 1.807) is 13.3 Å². The quantitative estimate of drug-likeness (QED) is 0.420. The van der Waals surface area contributed by atoms with Gasteiger partial charge in [-0.05, 0) is 72.1 Å². The second-order valence-electron chi connectivity index (χ2n) is 7.92. The van der Waals surface area contributed by atoms with Crippen LogP contribution in [0.3, 0.4) is 0 Å². The number of pyridine rings is 1. The van der Waals surface area contributed by atoms with Crippen LogP contribution in [0.15, 0.2) is 40.7 Å². The second kappa shape index (κ2) is 8.77. The number of azide groups is 2. The molecule has 6 atom stereocenters. The number of benzene rings is 1. The molecule has 156 valence electrons. The molecule has 5 rings (SSSR count). The van der Waals surface area contributed by atoms with E-state index in [0.29, 0.717) is 12.5 Å². The summed E-state index contributed by atoms with van der Waals surface area (Å²) in [6.45, 7) is 1.76. The molecule has 0 aliphatic carbocycles. The molecule has 2 bridgehead atoms. The zero-order valence-corrected chi connectivity index (χ0v) is 16.7. The number of hydrogen-bond donors (Lipinski definition) is 1. The number of aliphatic hydroxyl groups excluding tert-OH is 1. The Hall–Kier alpha value is -3.03. The van der Waals surface area contributed by atoms with E-state index in [2.05, 4.69) is 29.9 Å². The molecule has 2 aromatic rings. The van der Waals surface area contributed by atoms with Crippen LogP contribution in [0, 0.1) is 11.8 Å². The van der Waals surface area contributed by atoms with Crippen molar-refractivity contribution in [3.8, 4) is 5.75 Å². The number of piperidine rings is 3. The second-order valence-corrected chi connectivity index (χ2v) is 7.92. The molecule has 0 spiro atoms. The minimum atomic E-state index is -0.665. The Morgan fingerprint density at radius 2 is 2.20 bits per heavy atom. The number of hydrogen-bond acceptors (Lipinski definition) is 6. The van der Waals surface area contributed by atoms with Gasteiger partial charge >= 0.3 is 0 Å². The van der Waals surface area contributed by atoms with E-state index in [9.17, 15) is 5.11 Å². The van der Waals surface area contributed by atoms with Crippen molar-refractivity contribution in [1.29, 1.82) is 0 Å². The van der Waals surface area contributed by atoms with Crippen LogP contribution in [0.4, 0.5) is 0 Å². The number of methoxy groups -OCH3 is 1. The zero-order chi connectivity index (χ0) is 21.1. The maximum Gasteiger partial charge on any atom is 0.119 e. The number of aromatic nitrogens is 1. The minimum absolute atomic E-state index is 0.0250. The van der Waals surface area contributed by atoms with E-state index < -0.39 is 6.10 Å². The van der Waals surface area contributed by atoms with E-state index in [-0.39, 0.29) is 24.5 Å². The van der Waals surface area contributed by atoms with E-state index >= 15 is 0 Å². The molecule has 0 amide bonds. The van der Waals surface area contributed by atoms with Gasteiger partial charge in [-0.1, -0.05) is 10.2 Å². The summed E-state index contributed by atoms with van der Waals surface area (Å²) in [4.78, 5) is 12.5. The molecule has 3 saturated heterocycles. The monoisotopic (exact) mass is 408 g/mol. The molecule has 1 aromatic carbocycles. The number of rotatable bonds is 7. The summed E-state index contributed by atoms with van der Waals surface area (Å²) in [7, 11) is 1.62. The first kappa shape index (κ1) is 20.3. The molecule has 0 radical (unpaired) electrons. The van der Waals surface area contributed by atoms with Crippen LogP contribution in [-0.4, -0.2) is 53.8 Å². The van der Waals surface area contributed by atoms with Crippen molar-refractivity contribution < 1.29 is 9.84 Å². The molecule has 3 fully saturated rings. The third-order valence-corrected chi connectivity index (χ3v) is 6.54. The lowest BCUT2D eigenvalue weighted by Crippen LogP contribution is -2.57. The fourth-order valence-electron chi connectivity index (χ4n) is 5.06. The SMILES string of the molecule is COc1ccc2nccc([C@@H](O)[C@@H]3C[C@@H]4CCN3C[C@@H]4C(CN=[N+]=[N-])N=[N+]=[N-])c2c1. The summed E-state index contributed by atoms with van der Waals surface area (Å²) in [6, 6.07) is 7.16. The van der Waals surface area contributed by atoms with Gasteiger partial charge < -0.3 is 9.84 Å². The molecule has 3 aliphatic rings. The van der Waals surface area contributed by atoms with Crippen LogP contribution in [-0.2, 0) is 0 Å². The molecular formula is C20H24N8O2. The molecular weight excluding hydrogens is 384 g/mol. The molecule has 3 aliphatic heterocycles. The van der Waals surface area contributed by atoms with Gasteiger partial charge in [0.25, 0.3) is 0 Å². The summed E-state index contributed by atoms with van der Waals surface area (Å²) >= 11 is 0. The summed E-state index contributed by atoms with van der Waals surface area (Å²) < 4.78 is 5.35. The first-order valence-electron chi connectivity index (χ1n) is 10.1. The van der Waals surface area contributed by atoms with Gasteiger partial charge in [0.15, 0.2) is 0 Å². The van der Waals surface area contributed by atoms with E-state index in [4.69, 9.17) is 15.8 Å². The largest absolute Gasteiger partial charge is 0.497 e. The van der Waals surface area contributed by atoms with Crippen molar-refractivity contribution in [1.82, 2.24) is 9.88 Å². The summed E-state index contributed by atoms with van der Waals surface area (Å²) in [5.41, 5.74) is 19.2. The van der Waals surface area contributed by atoms with Crippen LogP contribution in [0.25, 0.3) is 31.8 Å². The Balaban J connectivity index is 1.59. The maximum absolute atomic E-state index is 11.3. The van der Waals surface area contributed by atoms with Gasteiger partial charge in [0, 0.05) is 46.6 Å². The lowest BCUT2D eigenvalue weighted by molar-refractivity contribution is -0.0605. The molecule has 10 nitrogen and oxygen atoms in total. The molecule has 10 heteroatoms. The Bertz CT molecular complexity index is 1020. The lowest BCUT2D eigenvalue weighted by Gasteiger charge is -2.52. The van der Waals surface area contributed by atoms with Crippen molar-refractivity contribution >= 4 is 10.9 Å². The molecule has 4 heterocycles. The number of ether oxygens (including phenoxy) is 1. The number of fused-ring (bicyclic) bond motifs is 4. The summed E-state index contributed by atoms with van der Waals surface area (Å²) in [6.07, 6.45) is 2.84. The van der Waals surface area contributed by atoms with E-state index in [1.807, 2.05) is 24.3 Å². The first-order valence-corrected chi connectivity index (χ1v) is 10.1. The summed E-state index contributed by atoms with van der Waals surface area (Å²) in [5, 5.41) is 19.8. The van der Waals surface area contributed by atoms with Gasteiger partial charge in [-0.25, -0.2) is 0 Å². The maximum atomic E-state index is 11.3. The van der Waals surface area contributed by atoms with Crippen LogP contribution >= 0.6 is 0 Å². The van der Waals surface area contributed by atoms with Gasteiger partial charge in [0.2, 0.25) is 0 Å². The predicted molar refractivity (Wildman–Crippen MR) is 112 cm³/mol. The van der Waals surface area contributed by atoms with Gasteiger partial charge in [-0.3, -0.25) is 9.88 Å². The third-order valence-electron chi connectivity index (χ3n) is 6.54. The highest BCUT2D eigenvalue weighted by atomic mass is 16.5. The Morgan fingerprint density at radius 1 is 1.33 bits per heavy atom. The van der Waals surface area contributed by atoms with Crippen molar-refractivity contribution in [2.24, 2.45) is 22.1 Å². The lowest BCUT2D eigenvalue weighted by atomic mass is 9.71. The third kappa shape index (κ3) is 3.74. The van der Waals surface area contributed by atoms with Gasteiger partial charge in [-0.15, -0.1) is 0 Å². The molecule has 1 N–H and O–H groups in total. The Labute approximate surface area is 173 Å². The van der Waals surface area contributed by atoms with Crippen LogP contribution < -0.4 is 4.74 Å². The molecule has 0 saturated carbocycles. The van der Waals surface area contributed by atoms with Gasteiger partial charge in [-0.2, -0.15) is 0 Å². The van der Waals surface area contributed by atoms with Crippen molar-refractivity contribution in [3.63, 3.8) is 0 Å². The van der Waals surface area contributed by atoms with E-state index in [1.165, 1.54) is 0 Å². The normalized spacial score (nSPS) is 27.0. The van der Waals surface area contributed by atoms with Gasteiger partial charge in [0.1, 0.15) is 5.75 Å². The summed E-state index contributed by atoms with van der Waals surface area (Å²) in [5.74, 6) is 1.16. The molecule has 1 aromatic heterocycles. The fourth-order valence-corrected chi connectivity index (χ4v) is 5.06. The highest BCUT2D eigenvalue weighted by Crippen LogP contribution is 2.43. The van der Waals surface area contributed by atoms with Gasteiger partial charge in [0.05, 0.1) is 18.7 Å². The van der Waals surface area contributed by atoms with Crippen LogP contribution in [0.2, 0.25) is 0 Å². The average Bonchev–Trinajstić information content (AvgIpc) is 2.80. The van der Waals surface area contributed by atoms with Crippen molar-refractivity contribution in [2.45, 2.75) is 31.0 Å². The topological polar surface area (TPSA) is 143 Å². The average molecular weight is 408 g/mol. The number of aliphatic hydroxyl groups is 1. The fraction of sp³-hybridized carbons (Fsp3) is 0.550. The highest BCUT2D eigenvalue weighted by Gasteiger charge is 2.45. The Morgan fingerprint density at radius 3 is 2.90 bits per heavy atom. The highest BCUT2D eigenvalue weighted by molar-refractivity contribution is 5.83. The number of nitrogens with zero attached hydrogens (tertiary/aromatic N) is 8. The minimum Gasteiger partial charge on any atom is -0.497 e. The Kier molecular flexibility index (Phi) is 5.92. The van der Waals surface area contributed by atoms with Crippen molar-refractivity contribution in [3.05, 3.63) is 56.9 Å². The van der Waals surface area contributed by atoms with Crippen LogP contribution in [0.5, 0.6) is 5.75 Å². The molecule has 30 heavy (non-hydrogen) atoms.